The Morgan fingerprint density at radius 2 is 1.88 bits per heavy atom. The van der Waals surface area contributed by atoms with Gasteiger partial charge in [-0.3, -0.25) is 0 Å². The molecule has 2 atom stereocenters. The zero-order valence-corrected chi connectivity index (χ0v) is 10.0. The average molecular weight is 222 g/mol. The van der Waals surface area contributed by atoms with Crippen LogP contribution in [0.1, 0.15) is 24.4 Å². The highest BCUT2D eigenvalue weighted by Gasteiger charge is 2.34. The monoisotopic (exact) mass is 222 g/mol. The molecule has 2 heterocycles. The highest BCUT2D eigenvalue weighted by molar-refractivity contribution is 5.63. The molecule has 17 heavy (non-hydrogen) atoms. The van der Waals surface area contributed by atoms with Gasteiger partial charge in [0.15, 0.2) is 12.2 Å². The highest BCUT2D eigenvalue weighted by Crippen LogP contribution is 2.37. The Labute approximate surface area is 102 Å². The zero-order valence-electron chi connectivity index (χ0n) is 10.0. The third-order valence-corrected chi connectivity index (χ3v) is 3.70. The molecule has 84 valence electrons. The first-order valence-electron chi connectivity index (χ1n) is 6.05. The van der Waals surface area contributed by atoms with Crippen molar-refractivity contribution in [1.82, 2.24) is 0 Å². The first-order valence-corrected chi connectivity index (χ1v) is 6.05. The van der Waals surface area contributed by atoms with Gasteiger partial charge in [0.1, 0.15) is 0 Å². The van der Waals surface area contributed by atoms with Crippen LogP contribution < -0.4 is 4.57 Å². The summed E-state index contributed by atoms with van der Waals surface area (Å²) in [5.41, 5.74) is 4.02. The van der Waals surface area contributed by atoms with Crippen molar-refractivity contribution in [3.8, 4) is 11.3 Å². The van der Waals surface area contributed by atoms with Crippen LogP contribution in [0, 0.1) is 0 Å². The van der Waals surface area contributed by atoms with Crippen molar-refractivity contribution in [1.29, 1.82) is 0 Å². The largest absolute Gasteiger partial charge is 0.213 e. The van der Waals surface area contributed by atoms with Gasteiger partial charge in [0.2, 0.25) is 5.69 Å². The smallest absolute Gasteiger partial charge is 0.195 e. The molecule has 1 aliphatic rings. The summed E-state index contributed by atoms with van der Waals surface area (Å²) in [6.45, 7) is 6.25. The number of fused-ring (bicyclic) bond motifs is 3. The van der Waals surface area contributed by atoms with Gasteiger partial charge in [-0.25, -0.2) is 0 Å². The molecule has 1 aromatic carbocycles. The van der Waals surface area contributed by atoms with E-state index in [1.54, 1.807) is 0 Å². The Morgan fingerprint density at radius 1 is 1.12 bits per heavy atom. The molecule has 1 heteroatoms. The number of benzene rings is 1. The molecule has 0 radical (unpaired) electrons. The van der Waals surface area contributed by atoms with Gasteiger partial charge >= 0.3 is 0 Å². The lowest BCUT2D eigenvalue weighted by molar-refractivity contribution is -0.713. The van der Waals surface area contributed by atoms with Gasteiger partial charge in [0.05, 0.1) is 11.5 Å². The van der Waals surface area contributed by atoms with Gasteiger partial charge in [-0.1, -0.05) is 24.3 Å². The predicted octanol–water partition coefficient (Wildman–Crippen LogP) is 3.49. The van der Waals surface area contributed by atoms with Crippen molar-refractivity contribution in [3.05, 3.63) is 66.9 Å². The van der Waals surface area contributed by atoms with Crippen LogP contribution in [-0.4, -0.2) is 0 Å². The Bertz CT molecular complexity index is 571. The molecule has 0 N–H and O–H groups in total. The molecule has 0 amide bonds. The van der Waals surface area contributed by atoms with Gasteiger partial charge in [-0.2, -0.15) is 4.57 Å². The molecule has 1 aliphatic heterocycles. The molecule has 1 aromatic heterocycles. The van der Waals surface area contributed by atoms with Crippen LogP contribution in [0.4, 0.5) is 0 Å². The lowest BCUT2D eigenvalue weighted by Crippen LogP contribution is -2.45. The number of allylic oxidation sites excluding steroid dienone is 1. The molecule has 0 saturated carbocycles. The summed E-state index contributed by atoms with van der Waals surface area (Å²) >= 11 is 0. The van der Waals surface area contributed by atoms with Crippen molar-refractivity contribution in [2.24, 2.45) is 0 Å². The third-order valence-electron chi connectivity index (χ3n) is 3.70. The van der Waals surface area contributed by atoms with Crippen LogP contribution in [0.3, 0.4) is 0 Å². The maximum Gasteiger partial charge on any atom is 0.213 e. The summed E-state index contributed by atoms with van der Waals surface area (Å²) in [6.07, 6.45) is 4.22. The Balaban J connectivity index is 2.32. The average Bonchev–Trinajstić information content (AvgIpc) is 2.40. The topological polar surface area (TPSA) is 3.88 Å². The fraction of sp³-hybridized carbons (Fsp3) is 0.188. The van der Waals surface area contributed by atoms with E-state index in [1.807, 2.05) is 0 Å². The second-order valence-corrected chi connectivity index (χ2v) is 4.58. The summed E-state index contributed by atoms with van der Waals surface area (Å²) in [5.74, 6) is 0.395. The van der Waals surface area contributed by atoms with Crippen LogP contribution in [0.15, 0.2) is 61.3 Å². The maximum atomic E-state index is 3.99. The number of nitrogens with zero attached hydrogens (tertiary/aromatic N) is 1. The molecule has 3 rings (SSSR count). The van der Waals surface area contributed by atoms with Crippen molar-refractivity contribution < 1.29 is 4.57 Å². The van der Waals surface area contributed by atoms with E-state index in [2.05, 4.69) is 72.8 Å². The molecular weight excluding hydrogens is 206 g/mol. The normalized spacial score (nSPS) is 21.5. The predicted molar refractivity (Wildman–Crippen MR) is 69.7 cm³/mol. The molecule has 0 spiro atoms. The van der Waals surface area contributed by atoms with Crippen LogP contribution in [0.2, 0.25) is 0 Å². The van der Waals surface area contributed by atoms with Crippen molar-refractivity contribution >= 4 is 0 Å². The maximum absolute atomic E-state index is 3.99. The van der Waals surface area contributed by atoms with Gasteiger partial charge in [0.25, 0.3) is 0 Å². The molecule has 0 bridgehead atoms. The van der Waals surface area contributed by atoms with E-state index >= 15 is 0 Å². The van der Waals surface area contributed by atoms with Crippen molar-refractivity contribution in [2.75, 3.05) is 0 Å². The number of rotatable bonds is 1. The Hall–Kier alpha value is -1.89. The highest BCUT2D eigenvalue weighted by atomic mass is 15.0. The standard InChI is InChI=1S/C16H16N/c1-3-13-12(2)17-11-7-6-10-16(17)15-9-5-4-8-14(13)15/h3-13H,1H2,2H3/q+1. The Kier molecular flexibility index (Phi) is 2.32. The van der Waals surface area contributed by atoms with E-state index in [-0.39, 0.29) is 0 Å². The van der Waals surface area contributed by atoms with Gasteiger partial charge in [0, 0.05) is 12.1 Å². The second kappa shape index (κ2) is 3.85. The number of aromatic nitrogens is 1. The van der Waals surface area contributed by atoms with E-state index in [0.29, 0.717) is 12.0 Å². The molecule has 1 nitrogen and oxygen atoms in total. The van der Waals surface area contributed by atoms with Gasteiger partial charge in [-0.15, -0.1) is 6.58 Å². The van der Waals surface area contributed by atoms with Crippen molar-refractivity contribution in [3.63, 3.8) is 0 Å². The number of hydrogen-bond donors (Lipinski definition) is 0. The SMILES string of the molecule is C=CC1c2ccccc2-c2cccc[n+]2C1C. The molecule has 0 saturated heterocycles. The quantitative estimate of drug-likeness (QED) is 0.513. The molecule has 0 aliphatic carbocycles. The van der Waals surface area contributed by atoms with E-state index in [0.717, 1.165) is 0 Å². The molecular formula is C16H16N+. The van der Waals surface area contributed by atoms with E-state index in [1.165, 1.54) is 16.8 Å². The summed E-state index contributed by atoms with van der Waals surface area (Å²) in [4.78, 5) is 0. The lowest BCUT2D eigenvalue weighted by atomic mass is 9.84. The minimum absolute atomic E-state index is 0.395. The van der Waals surface area contributed by atoms with E-state index in [9.17, 15) is 0 Å². The van der Waals surface area contributed by atoms with Crippen LogP contribution in [0.25, 0.3) is 11.3 Å². The van der Waals surface area contributed by atoms with Crippen LogP contribution in [0.5, 0.6) is 0 Å². The fourth-order valence-electron chi connectivity index (χ4n) is 2.82. The Morgan fingerprint density at radius 3 is 2.71 bits per heavy atom. The van der Waals surface area contributed by atoms with Gasteiger partial charge in [-0.05, 0) is 24.6 Å². The van der Waals surface area contributed by atoms with E-state index in [4.69, 9.17) is 0 Å². The first kappa shape index (κ1) is 10.3. The number of pyridine rings is 1. The minimum atomic E-state index is 0.395. The molecule has 0 fully saturated rings. The summed E-state index contributed by atoms with van der Waals surface area (Å²) in [5, 5.41) is 0. The first-order chi connectivity index (χ1) is 8.33. The minimum Gasteiger partial charge on any atom is -0.195 e. The summed E-state index contributed by atoms with van der Waals surface area (Å²) in [7, 11) is 0. The van der Waals surface area contributed by atoms with Crippen LogP contribution in [-0.2, 0) is 0 Å². The van der Waals surface area contributed by atoms with Gasteiger partial charge < -0.3 is 0 Å². The summed E-state index contributed by atoms with van der Waals surface area (Å²) in [6, 6.07) is 15.4. The molecule has 2 aromatic rings. The fourth-order valence-corrected chi connectivity index (χ4v) is 2.82. The van der Waals surface area contributed by atoms with Crippen molar-refractivity contribution in [2.45, 2.75) is 18.9 Å². The third kappa shape index (κ3) is 1.42. The second-order valence-electron chi connectivity index (χ2n) is 4.58. The number of hydrogen-bond acceptors (Lipinski definition) is 0. The summed E-state index contributed by atoms with van der Waals surface area (Å²) < 4.78 is 2.34. The zero-order chi connectivity index (χ0) is 11.8. The molecule has 2 unspecified atom stereocenters. The lowest BCUT2D eigenvalue weighted by Gasteiger charge is -2.26. The van der Waals surface area contributed by atoms with Crippen LogP contribution >= 0.6 is 0 Å². The van der Waals surface area contributed by atoms with E-state index < -0.39 is 0 Å².